The van der Waals surface area contributed by atoms with Crippen molar-refractivity contribution in [3.8, 4) is 11.5 Å². The number of hydrogen-bond donors (Lipinski definition) is 1. The maximum Gasteiger partial charge on any atom is 0.294 e. The number of hydrogen-bond acceptors (Lipinski definition) is 7. The van der Waals surface area contributed by atoms with E-state index >= 15 is 0 Å². The van der Waals surface area contributed by atoms with Crippen molar-refractivity contribution in [3.05, 3.63) is 76.8 Å². The lowest BCUT2D eigenvalue weighted by Crippen LogP contribution is -2.30. The highest BCUT2D eigenvalue weighted by Crippen LogP contribution is 2.37. The highest BCUT2D eigenvalue weighted by molar-refractivity contribution is 7.92. The largest absolute Gasteiger partial charge is 0.454 e. The summed E-state index contributed by atoms with van der Waals surface area (Å²) in [7, 11) is -3.99. The van der Waals surface area contributed by atoms with Crippen LogP contribution in [0.3, 0.4) is 0 Å². The van der Waals surface area contributed by atoms with E-state index in [0.29, 0.717) is 22.9 Å². The Bertz CT molecular complexity index is 1230. The van der Waals surface area contributed by atoms with Crippen molar-refractivity contribution in [1.29, 1.82) is 0 Å². The number of fused-ring (bicyclic) bond motifs is 1. The van der Waals surface area contributed by atoms with Crippen LogP contribution in [0, 0.1) is 10.1 Å². The molecule has 3 aromatic carbocycles. The maximum absolute atomic E-state index is 13.2. The molecule has 0 aromatic heterocycles. The molecule has 0 fully saturated rings. The number of rotatable bonds is 7. The molecule has 160 valence electrons. The van der Waals surface area contributed by atoms with E-state index in [2.05, 4.69) is 5.32 Å². The molecule has 1 aliphatic heterocycles. The predicted molar refractivity (Wildman–Crippen MR) is 116 cm³/mol. The lowest BCUT2D eigenvalue weighted by atomic mass is 10.2. The number of nitro benzene ring substituents is 1. The van der Waals surface area contributed by atoms with E-state index in [1.54, 1.807) is 55.5 Å². The summed E-state index contributed by atoms with van der Waals surface area (Å²) in [6, 6.07) is 17.4. The van der Waals surface area contributed by atoms with Gasteiger partial charge < -0.3 is 14.8 Å². The molecular formula is C21H19N3O6S. The van der Waals surface area contributed by atoms with Gasteiger partial charge in [-0.3, -0.25) is 14.4 Å². The molecular weight excluding hydrogens is 422 g/mol. The van der Waals surface area contributed by atoms with Crippen molar-refractivity contribution in [1.82, 2.24) is 0 Å². The maximum atomic E-state index is 13.2. The Morgan fingerprint density at radius 2 is 1.77 bits per heavy atom. The minimum Gasteiger partial charge on any atom is -0.454 e. The van der Waals surface area contributed by atoms with E-state index in [-0.39, 0.29) is 29.6 Å². The van der Waals surface area contributed by atoms with E-state index < -0.39 is 14.9 Å². The summed E-state index contributed by atoms with van der Waals surface area (Å²) in [5.41, 5.74) is 0.825. The monoisotopic (exact) mass is 441 g/mol. The van der Waals surface area contributed by atoms with Gasteiger partial charge in [-0.15, -0.1) is 0 Å². The summed E-state index contributed by atoms with van der Waals surface area (Å²) >= 11 is 0. The quantitative estimate of drug-likeness (QED) is 0.430. The lowest BCUT2D eigenvalue weighted by Gasteiger charge is -2.23. The van der Waals surface area contributed by atoms with Crippen molar-refractivity contribution in [2.24, 2.45) is 0 Å². The number of benzene rings is 3. The molecule has 0 spiro atoms. The van der Waals surface area contributed by atoms with E-state index in [1.165, 1.54) is 16.4 Å². The van der Waals surface area contributed by atoms with Crippen molar-refractivity contribution in [3.63, 3.8) is 0 Å². The summed E-state index contributed by atoms with van der Waals surface area (Å²) in [6.07, 6.45) is 0. The van der Waals surface area contributed by atoms with Crippen molar-refractivity contribution < 1.29 is 22.8 Å². The second-order valence-electron chi connectivity index (χ2n) is 6.63. The van der Waals surface area contributed by atoms with E-state index in [4.69, 9.17) is 9.47 Å². The Balaban J connectivity index is 1.69. The van der Waals surface area contributed by atoms with Crippen LogP contribution < -0.4 is 19.1 Å². The molecule has 0 atom stereocenters. The first-order valence-corrected chi connectivity index (χ1v) is 10.9. The van der Waals surface area contributed by atoms with Crippen LogP contribution in [0.4, 0.5) is 22.7 Å². The third-order valence-electron chi connectivity index (χ3n) is 4.74. The van der Waals surface area contributed by atoms with Gasteiger partial charge in [-0.25, -0.2) is 8.42 Å². The zero-order chi connectivity index (χ0) is 22.0. The van der Waals surface area contributed by atoms with E-state index in [1.807, 2.05) is 0 Å². The van der Waals surface area contributed by atoms with Crippen LogP contribution in [0.5, 0.6) is 11.5 Å². The molecule has 0 saturated carbocycles. The van der Waals surface area contributed by atoms with Gasteiger partial charge in [-0.1, -0.05) is 18.2 Å². The number of nitro groups is 1. The highest BCUT2D eigenvalue weighted by atomic mass is 32.2. The van der Waals surface area contributed by atoms with E-state index in [9.17, 15) is 18.5 Å². The number of nitrogens with one attached hydrogen (secondary N) is 1. The Hall–Kier alpha value is -3.79. The lowest BCUT2D eigenvalue weighted by molar-refractivity contribution is -0.384. The molecule has 3 aromatic rings. The Labute approximate surface area is 179 Å². The van der Waals surface area contributed by atoms with Crippen LogP contribution >= 0.6 is 0 Å². The third-order valence-corrected chi connectivity index (χ3v) is 6.64. The number of sulfonamides is 1. The molecule has 1 heterocycles. The Morgan fingerprint density at radius 3 is 2.48 bits per heavy atom. The first kappa shape index (κ1) is 20.5. The Kier molecular flexibility index (Phi) is 5.38. The standard InChI is InChI=1S/C21H19N3O6S/c1-2-23(16-6-4-3-5-7-16)31(27,28)17-9-10-18(19(13-17)24(25)26)22-15-8-11-20-21(12-15)30-14-29-20/h3-13,22H,2,14H2,1H3. The minimum absolute atomic E-state index is 0.112. The van der Waals surface area contributed by atoms with Crippen molar-refractivity contribution >= 4 is 32.8 Å². The van der Waals surface area contributed by atoms with Crippen LogP contribution in [-0.4, -0.2) is 26.7 Å². The van der Waals surface area contributed by atoms with Crippen LogP contribution in [0.25, 0.3) is 0 Å². The molecule has 0 radical (unpaired) electrons. The molecule has 1 N–H and O–H groups in total. The molecule has 0 aliphatic carbocycles. The normalized spacial score (nSPS) is 12.4. The minimum atomic E-state index is -3.99. The smallest absolute Gasteiger partial charge is 0.294 e. The van der Waals surface area contributed by atoms with Gasteiger partial charge in [0.2, 0.25) is 6.79 Å². The SMILES string of the molecule is CCN(c1ccccc1)S(=O)(=O)c1ccc(Nc2ccc3c(c2)OCO3)c([N+](=O)[O-])c1. The van der Waals surface area contributed by atoms with Gasteiger partial charge in [0.15, 0.2) is 11.5 Å². The van der Waals surface area contributed by atoms with Gasteiger partial charge in [-0.05, 0) is 43.3 Å². The summed E-state index contributed by atoms with van der Waals surface area (Å²) in [4.78, 5) is 10.9. The fourth-order valence-corrected chi connectivity index (χ4v) is 4.77. The second-order valence-corrected chi connectivity index (χ2v) is 8.50. The van der Waals surface area contributed by atoms with Gasteiger partial charge in [0.25, 0.3) is 15.7 Å². The average molecular weight is 441 g/mol. The molecule has 4 rings (SSSR count). The topological polar surface area (TPSA) is 111 Å². The molecule has 0 amide bonds. The van der Waals surface area contributed by atoms with Gasteiger partial charge in [-0.2, -0.15) is 0 Å². The summed E-state index contributed by atoms with van der Waals surface area (Å²) in [5, 5.41) is 14.7. The zero-order valence-electron chi connectivity index (χ0n) is 16.5. The molecule has 9 nitrogen and oxygen atoms in total. The molecule has 31 heavy (non-hydrogen) atoms. The fraction of sp³-hybridized carbons (Fsp3) is 0.143. The van der Waals surface area contributed by atoms with Crippen LogP contribution in [0.1, 0.15) is 6.92 Å². The predicted octanol–water partition coefficient (Wildman–Crippen LogP) is 4.28. The highest BCUT2D eigenvalue weighted by Gasteiger charge is 2.27. The van der Waals surface area contributed by atoms with Crippen LogP contribution in [0.15, 0.2) is 71.6 Å². The first-order chi connectivity index (χ1) is 14.9. The summed E-state index contributed by atoms with van der Waals surface area (Å²) in [5.74, 6) is 1.11. The Morgan fingerprint density at radius 1 is 1.03 bits per heavy atom. The number of anilines is 3. The van der Waals surface area contributed by atoms with Crippen molar-refractivity contribution in [2.45, 2.75) is 11.8 Å². The van der Waals surface area contributed by atoms with Gasteiger partial charge in [0.1, 0.15) is 5.69 Å². The second kappa shape index (κ2) is 8.15. The number of nitrogens with zero attached hydrogens (tertiary/aromatic N) is 2. The molecule has 0 saturated heterocycles. The van der Waals surface area contributed by atoms with Crippen LogP contribution in [-0.2, 0) is 10.0 Å². The fourth-order valence-electron chi connectivity index (χ4n) is 3.27. The average Bonchev–Trinajstić information content (AvgIpc) is 3.23. The molecule has 1 aliphatic rings. The van der Waals surface area contributed by atoms with Gasteiger partial charge in [0, 0.05) is 24.4 Å². The van der Waals surface area contributed by atoms with Gasteiger partial charge in [0.05, 0.1) is 15.5 Å². The molecule has 0 unspecified atom stereocenters. The van der Waals surface area contributed by atoms with E-state index in [0.717, 1.165) is 6.07 Å². The zero-order valence-corrected chi connectivity index (χ0v) is 17.3. The van der Waals surface area contributed by atoms with Crippen LogP contribution in [0.2, 0.25) is 0 Å². The number of ether oxygens (including phenoxy) is 2. The molecule has 10 heteroatoms. The number of para-hydroxylation sites is 1. The summed E-state index contributed by atoms with van der Waals surface area (Å²) in [6.45, 7) is 1.99. The third kappa shape index (κ3) is 3.97. The summed E-state index contributed by atoms with van der Waals surface area (Å²) < 4.78 is 38.2. The molecule has 0 bridgehead atoms. The van der Waals surface area contributed by atoms with Crippen molar-refractivity contribution in [2.75, 3.05) is 23.0 Å². The van der Waals surface area contributed by atoms with Gasteiger partial charge >= 0.3 is 0 Å². The first-order valence-electron chi connectivity index (χ1n) is 9.43.